The zero-order chi connectivity index (χ0) is 11.8. The molecular formula is C11H16N2O2S. The van der Waals surface area contributed by atoms with Crippen molar-refractivity contribution in [2.24, 2.45) is 11.7 Å². The predicted octanol–water partition coefficient (Wildman–Crippen LogP) is 0.832. The van der Waals surface area contributed by atoms with Crippen molar-refractivity contribution < 1.29 is 8.42 Å². The summed E-state index contributed by atoms with van der Waals surface area (Å²) in [5, 5.41) is 0. The molecule has 2 unspecified atom stereocenters. The smallest absolute Gasteiger partial charge is 0.240 e. The molecule has 16 heavy (non-hydrogen) atoms. The van der Waals surface area contributed by atoms with Crippen LogP contribution in [0.15, 0.2) is 29.2 Å². The van der Waals surface area contributed by atoms with Crippen LogP contribution >= 0.6 is 0 Å². The van der Waals surface area contributed by atoms with Gasteiger partial charge in [0.05, 0.1) is 4.90 Å². The Hall–Kier alpha value is -0.910. The third-order valence-electron chi connectivity index (χ3n) is 2.89. The van der Waals surface area contributed by atoms with Crippen molar-refractivity contribution in [1.82, 2.24) is 4.72 Å². The highest BCUT2D eigenvalue weighted by Gasteiger charge is 2.36. The monoisotopic (exact) mass is 240 g/mol. The molecule has 1 saturated carbocycles. The maximum absolute atomic E-state index is 11.9. The van der Waals surface area contributed by atoms with Crippen LogP contribution in [0.3, 0.4) is 0 Å². The van der Waals surface area contributed by atoms with Gasteiger partial charge in [0.2, 0.25) is 10.0 Å². The molecule has 4 nitrogen and oxygen atoms in total. The van der Waals surface area contributed by atoms with Gasteiger partial charge in [0.25, 0.3) is 0 Å². The number of rotatable bonds is 4. The lowest BCUT2D eigenvalue weighted by molar-refractivity contribution is 0.578. The molecule has 2 atom stereocenters. The molecule has 0 aromatic heterocycles. The van der Waals surface area contributed by atoms with Crippen LogP contribution in [0.2, 0.25) is 0 Å². The highest BCUT2D eigenvalue weighted by Crippen LogP contribution is 2.30. The first-order valence-corrected chi connectivity index (χ1v) is 6.82. The van der Waals surface area contributed by atoms with Gasteiger partial charge in [-0.2, -0.15) is 0 Å². The van der Waals surface area contributed by atoms with Crippen LogP contribution in [0.5, 0.6) is 0 Å². The Morgan fingerprint density at radius 2 is 1.94 bits per heavy atom. The summed E-state index contributed by atoms with van der Waals surface area (Å²) < 4.78 is 26.4. The Bertz CT molecular complexity index is 467. The van der Waals surface area contributed by atoms with E-state index in [1.807, 2.05) is 6.92 Å². The molecule has 0 aliphatic heterocycles. The molecule has 5 heteroatoms. The SMILES string of the molecule is CC1CC1NS(=O)(=O)c1ccc(CN)cc1. The lowest BCUT2D eigenvalue weighted by atomic mass is 10.2. The molecule has 0 bridgehead atoms. The molecule has 1 aromatic rings. The lowest BCUT2D eigenvalue weighted by Crippen LogP contribution is -2.26. The van der Waals surface area contributed by atoms with E-state index < -0.39 is 10.0 Å². The van der Waals surface area contributed by atoms with Crippen molar-refractivity contribution in [2.45, 2.75) is 30.8 Å². The van der Waals surface area contributed by atoms with Crippen LogP contribution in [0.1, 0.15) is 18.9 Å². The molecule has 3 N–H and O–H groups in total. The van der Waals surface area contributed by atoms with Gasteiger partial charge in [-0.15, -0.1) is 0 Å². The zero-order valence-corrected chi connectivity index (χ0v) is 10.00. The van der Waals surface area contributed by atoms with E-state index in [0.717, 1.165) is 12.0 Å². The van der Waals surface area contributed by atoms with Gasteiger partial charge >= 0.3 is 0 Å². The van der Waals surface area contributed by atoms with E-state index in [0.29, 0.717) is 17.4 Å². The van der Waals surface area contributed by atoms with Gasteiger partial charge in [0.15, 0.2) is 0 Å². The van der Waals surface area contributed by atoms with Crippen molar-refractivity contribution in [3.05, 3.63) is 29.8 Å². The van der Waals surface area contributed by atoms with E-state index in [4.69, 9.17) is 5.73 Å². The summed E-state index contributed by atoms with van der Waals surface area (Å²) in [5.41, 5.74) is 6.38. The maximum Gasteiger partial charge on any atom is 0.240 e. The van der Waals surface area contributed by atoms with Crippen LogP contribution in [0.25, 0.3) is 0 Å². The van der Waals surface area contributed by atoms with Gasteiger partial charge < -0.3 is 5.73 Å². The molecule has 1 fully saturated rings. The van der Waals surface area contributed by atoms with Crippen LogP contribution in [0.4, 0.5) is 0 Å². The van der Waals surface area contributed by atoms with Gasteiger partial charge in [-0.25, -0.2) is 13.1 Å². The highest BCUT2D eigenvalue weighted by atomic mass is 32.2. The van der Waals surface area contributed by atoms with Crippen LogP contribution in [-0.2, 0) is 16.6 Å². The largest absolute Gasteiger partial charge is 0.326 e. The summed E-state index contributed by atoms with van der Waals surface area (Å²) in [6, 6.07) is 6.78. The van der Waals surface area contributed by atoms with E-state index in [2.05, 4.69) is 4.72 Å². The number of sulfonamides is 1. The first-order chi connectivity index (χ1) is 7.53. The molecular weight excluding hydrogens is 224 g/mol. The summed E-state index contributed by atoms with van der Waals surface area (Å²) in [4.78, 5) is 0.309. The first-order valence-electron chi connectivity index (χ1n) is 5.34. The second-order valence-corrected chi connectivity index (χ2v) is 6.00. The van der Waals surface area contributed by atoms with Crippen LogP contribution < -0.4 is 10.5 Å². The Morgan fingerprint density at radius 1 is 1.38 bits per heavy atom. The van der Waals surface area contributed by atoms with E-state index in [-0.39, 0.29) is 6.04 Å². The third-order valence-corrected chi connectivity index (χ3v) is 4.39. The van der Waals surface area contributed by atoms with Crippen molar-refractivity contribution in [3.8, 4) is 0 Å². The normalized spacial score (nSPS) is 24.4. The quantitative estimate of drug-likeness (QED) is 0.819. The summed E-state index contributed by atoms with van der Waals surface area (Å²) in [7, 11) is -3.35. The molecule has 0 saturated heterocycles. The van der Waals surface area contributed by atoms with Gasteiger partial charge in [-0.3, -0.25) is 0 Å². The molecule has 0 radical (unpaired) electrons. The van der Waals surface area contributed by atoms with Crippen molar-refractivity contribution in [3.63, 3.8) is 0 Å². The fourth-order valence-electron chi connectivity index (χ4n) is 1.56. The van der Waals surface area contributed by atoms with Gasteiger partial charge in [-0.05, 0) is 30.0 Å². The minimum Gasteiger partial charge on any atom is -0.326 e. The Morgan fingerprint density at radius 3 is 2.38 bits per heavy atom. The van der Waals surface area contributed by atoms with Gasteiger partial charge in [-0.1, -0.05) is 19.1 Å². The predicted molar refractivity (Wildman–Crippen MR) is 62.2 cm³/mol. The van der Waals surface area contributed by atoms with E-state index in [1.54, 1.807) is 24.3 Å². The molecule has 1 aromatic carbocycles. The molecule has 88 valence electrons. The minimum absolute atomic E-state index is 0.110. The van der Waals surface area contributed by atoms with Crippen molar-refractivity contribution in [2.75, 3.05) is 0 Å². The molecule has 2 rings (SSSR count). The Kier molecular flexibility index (Phi) is 3.01. The molecule has 1 aliphatic rings. The average molecular weight is 240 g/mol. The van der Waals surface area contributed by atoms with E-state index in [1.165, 1.54) is 0 Å². The number of hydrogen-bond donors (Lipinski definition) is 2. The lowest BCUT2D eigenvalue weighted by Gasteiger charge is -2.06. The highest BCUT2D eigenvalue weighted by molar-refractivity contribution is 7.89. The third kappa shape index (κ3) is 2.42. The molecule has 0 amide bonds. The zero-order valence-electron chi connectivity index (χ0n) is 9.18. The van der Waals surface area contributed by atoms with Gasteiger partial charge in [0.1, 0.15) is 0 Å². The van der Waals surface area contributed by atoms with E-state index in [9.17, 15) is 8.42 Å². The topological polar surface area (TPSA) is 72.2 Å². The van der Waals surface area contributed by atoms with Crippen molar-refractivity contribution in [1.29, 1.82) is 0 Å². The summed E-state index contributed by atoms with van der Waals surface area (Å²) in [5.74, 6) is 0.457. The second-order valence-electron chi connectivity index (χ2n) is 4.29. The number of nitrogens with two attached hydrogens (primary N) is 1. The standard InChI is InChI=1S/C11H16N2O2S/c1-8-6-11(8)13-16(14,15)10-4-2-9(7-12)3-5-10/h2-5,8,11,13H,6-7,12H2,1H3. The Labute approximate surface area is 95.9 Å². The summed E-state index contributed by atoms with van der Waals surface area (Å²) in [6.45, 7) is 2.46. The minimum atomic E-state index is -3.35. The number of benzene rings is 1. The molecule has 0 heterocycles. The first kappa shape index (κ1) is 11.6. The van der Waals surface area contributed by atoms with Gasteiger partial charge in [0, 0.05) is 12.6 Å². The number of nitrogens with one attached hydrogen (secondary N) is 1. The van der Waals surface area contributed by atoms with Crippen LogP contribution in [-0.4, -0.2) is 14.5 Å². The van der Waals surface area contributed by atoms with Crippen LogP contribution in [0, 0.1) is 5.92 Å². The average Bonchev–Trinajstić information content (AvgIpc) is 2.93. The molecule has 0 spiro atoms. The maximum atomic E-state index is 11.9. The summed E-state index contributed by atoms with van der Waals surface area (Å²) >= 11 is 0. The summed E-state index contributed by atoms with van der Waals surface area (Å²) in [6.07, 6.45) is 0.931. The fraction of sp³-hybridized carbons (Fsp3) is 0.455. The molecule has 1 aliphatic carbocycles. The second kappa shape index (κ2) is 4.16. The number of hydrogen-bond acceptors (Lipinski definition) is 3. The Balaban J connectivity index is 2.15. The van der Waals surface area contributed by atoms with E-state index >= 15 is 0 Å². The van der Waals surface area contributed by atoms with Crippen molar-refractivity contribution >= 4 is 10.0 Å². The fourth-order valence-corrected chi connectivity index (χ4v) is 2.92.